The SMILES string of the molecule is CCN(CC)CCCCNC(=O)c1sc(Cc2ccccc2)nc1C. The lowest BCUT2D eigenvalue weighted by Gasteiger charge is -2.17. The molecule has 1 aromatic carbocycles. The Hall–Kier alpha value is -1.72. The van der Waals surface area contributed by atoms with Gasteiger partial charge in [0.15, 0.2) is 0 Å². The monoisotopic (exact) mass is 359 g/mol. The summed E-state index contributed by atoms with van der Waals surface area (Å²) < 4.78 is 0. The van der Waals surface area contributed by atoms with Crippen molar-refractivity contribution in [2.75, 3.05) is 26.2 Å². The van der Waals surface area contributed by atoms with Gasteiger partial charge < -0.3 is 10.2 Å². The van der Waals surface area contributed by atoms with E-state index in [0.717, 1.165) is 61.0 Å². The number of hydrogen-bond acceptors (Lipinski definition) is 4. The molecule has 0 fully saturated rings. The number of nitrogens with one attached hydrogen (secondary N) is 1. The molecule has 5 heteroatoms. The summed E-state index contributed by atoms with van der Waals surface area (Å²) in [5, 5.41) is 4.04. The molecule has 1 amide bonds. The Morgan fingerprint density at radius 3 is 2.56 bits per heavy atom. The van der Waals surface area contributed by atoms with Gasteiger partial charge in [-0.3, -0.25) is 4.79 Å². The zero-order valence-corrected chi connectivity index (χ0v) is 16.4. The van der Waals surface area contributed by atoms with Gasteiger partial charge in [0, 0.05) is 13.0 Å². The van der Waals surface area contributed by atoms with E-state index in [9.17, 15) is 4.79 Å². The highest BCUT2D eigenvalue weighted by Crippen LogP contribution is 2.20. The van der Waals surface area contributed by atoms with Crippen molar-refractivity contribution < 1.29 is 4.79 Å². The number of rotatable bonds is 10. The zero-order chi connectivity index (χ0) is 18.1. The lowest BCUT2D eigenvalue weighted by atomic mass is 10.2. The van der Waals surface area contributed by atoms with Crippen LogP contribution in [0.2, 0.25) is 0 Å². The fourth-order valence-corrected chi connectivity index (χ4v) is 3.81. The van der Waals surface area contributed by atoms with Crippen molar-refractivity contribution >= 4 is 17.2 Å². The van der Waals surface area contributed by atoms with Gasteiger partial charge in [0.25, 0.3) is 5.91 Å². The quantitative estimate of drug-likeness (QED) is 0.655. The van der Waals surface area contributed by atoms with Crippen LogP contribution in [0.25, 0.3) is 0 Å². The summed E-state index contributed by atoms with van der Waals surface area (Å²) in [4.78, 5) is 20.1. The highest BCUT2D eigenvalue weighted by Gasteiger charge is 2.15. The Bertz CT molecular complexity index is 650. The first-order valence-corrected chi connectivity index (χ1v) is 9.96. The molecule has 0 saturated heterocycles. The molecule has 2 rings (SSSR count). The van der Waals surface area contributed by atoms with Gasteiger partial charge in [-0.15, -0.1) is 11.3 Å². The summed E-state index contributed by atoms with van der Waals surface area (Å²) in [6.45, 7) is 10.3. The van der Waals surface area contributed by atoms with E-state index in [4.69, 9.17) is 0 Å². The maximum Gasteiger partial charge on any atom is 0.263 e. The van der Waals surface area contributed by atoms with Crippen molar-refractivity contribution in [2.45, 2.75) is 40.0 Å². The molecule has 4 nitrogen and oxygen atoms in total. The van der Waals surface area contributed by atoms with Crippen molar-refractivity contribution in [1.82, 2.24) is 15.2 Å². The highest BCUT2D eigenvalue weighted by atomic mass is 32.1. The molecule has 0 saturated carbocycles. The number of nitrogens with zero attached hydrogens (tertiary/aromatic N) is 2. The maximum atomic E-state index is 12.4. The smallest absolute Gasteiger partial charge is 0.263 e. The lowest BCUT2D eigenvalue weighted by Crippen LogP contribution is -2.27. The third kappa shape index (κ3) is 6.25. The number of benzene rings is 1. The van der Waals surface area contributed by atoms with Crippen molar-refractivity contribution in [3.05, 3.63) is 51.5 Å². The van der Waals surface area contributed by atoms with Crippen molar-refractivity contribution in [3.8, 4) is 0 Å². The second-order valence-electron chi connectivity index (χ2n) is 6.17. The number of thiazole rings is 1. The van der Waals surface area contributed by atoms with E-state index >= 15 is 0 Å². The Balaban J connectivity index is 1.80. The third-order valence-corrected chi connectivity index (χ3v) is 5.48. The number of carbonyl (C=O) groups excluding carboxylic acids is 1. The predicted octanol–water partition coefficient (Wildman–Crippen LogP) is 3.89. The number of hydrogen-bond donors (Lipinski definition) is 1. The number of unbranched alkanes of at least 4 members (excludes halogenated alkanes) is 1. The molecule has 1 aromatic heterocycles. The maximum absolute atomic E-state index is 12.4. The van der Waals surface area contributed by atoms with Crippen molar-refractivity contribution in [1.29, 1.82) is 0 Å². The average Bonchev–Trinajstić information content (AvgIpc) is 2.99. The van der Waals surface area contributed by atoms with Crippen LogP contribution >= 0.6 is 11.3 Å². The van der Waals surface area contributed by atoms with E-state index in [2.05, 4.69) is 41.2 Å². The van der Waals surface area contributed by atoms with Crippen LogP contribution in [0, 0.1) is 6.92 Å². The Morgan fingerprint density at radius 1 is 1.16 bits per heavy atom. The molecule has 136 valence electrons. The lowest BCUT2D eigenvalue weighted by molar-refractivity contribution is 0.0956. The van der Waals surface area contributed by atoms with E-state index in [1.54, 1.807) is 0 Å². The van der Waals surface area contributed by atoms with Crippen LogP contribution in [0.4, 0.5) is 0 Å². The second kappa shape index (κ2) is 10.3. The van der Waals surface area contributed by atoms with Gasteiger partial charge in [-0.25, -0.2) is 4.98 Å². The highest BCUT2D eigenvalue weighted by molar-refractivity contribution is 7.13. The molecule has 0 aliphatic rings. The van der Waals surface area contributed by atoms with Gasteiger partial charge >= 0.3 is 0 Å². The predicted molar refractivity (Wildman–Crippen MR) is 105 cm³/mol. The van der Waals surface area contributed by atoms with Gasteiger partial charge in [-0.2, -0.15) is 0 Å². The van der Waals surface area contributed by atoms with Crippen LogP contribution in [0.5, 0.6) is 0 Å². The van der Waals surface area contributed by atoms with Crippen molar-refractivity contribution in [2.24, 2.45) is 0 Å². The van der Waals surface area contributed by atoms with E-state index in [1.165, 1.54) is 16.9 Å². The molecule has 25 heavy (non-hydrogen) atoms. The summed E-state index contributed by atoms with van der Waals surface area (Å²) in [5.74, 6) is 0.0113. The second-order valence-corrected chi connectivity index (χ2v) is 7.26. The fraction of sp³-hybridized carbons (Fsp3) is 0.500. The molecule has 0 bridgehead atoms. The molecule has 0 radical (unpaired) electrons. The van der Waals surface area contributed by atoms with Crippen LogP contribution in [0.3, 0.4) is 0 Å². The summed E-state index contributed by atoms with van der Waals surface area (Å²) in [5.41, 5.74) is 2.05. The first kappa shape index (κ1) is 19.6. The minimum Gasteiger partial charge on any atom is -0.351 e. The largest absolute Gasteiger partial charge is 0.351 e. The van der Waals surface area contributed by atoms with Crippen LogP contribution in [0.15, 0.2) is 30.3 Å². The van der Waals surface area contributed by atoms with Gasteiger partial charge in [0.05, 0.1) is 10.7 Å². The van der Waals surface area contributed by atoms with Crippen LogP contribution in [-0.4, -0.2) is 42.0 Å². The molecule has 0 aliphatic heterocycles. The first-order chi connectivity index (χ1) is 12.1. The van der Waals surface area contributed by atoms with Gasteiger partial charge in [0.2, 0.25) is 0 Å². The van der Waals surface area contributed by atoms with Crippen molar-refractivity contribution in [3.63, 3.8) is 0 Å². The molecular formula is C20H29N3OS. The summed E-state index contributed by atoms with van der Waals surface area (Å²) >= 11 is 1.51. The zero-order valence-electron chi connectivity index (χ0n) is 15.5. The Labute approximate surface area is 155 Å². The number of aryl methyl sites for hydroxylation is 1. The number of aromatic nitrogens is 1. The van der Waals surface area contributed by atoms with E-state index in [1.807, 2.05) is 25.1 Å². The molecule has 0 aliphatic carbocycles. The van der Waals surface area contributed by atoms with Gasteiger partial charge in [-0.1, -0.05) is 44.2 Å². The molecule has 0 unspecified atom stereocenters. The Kier molecular flexibility index (Phi) is 8.09. The summed E-state index contributed by atoms with van der Waals surface area (Å²) in [7, 11) is 0. The first-order valence-electron chi connectivity index (χ1n) is 9.14. The fourth-order valence-electron chi connectivity index (χ4n) is 2.79. The minimum absolute atomic E-state index is 0.0113. The molecular weight excluding hydrogens is 330 g/mol. The average molecular weight is 360 g/mol. The molecule has 1 heterocycles. The van der Waals surface area contributed by atoms with Crippen LogP contribution < -0.4 is 5.32 Å². The van der Waals surface area contributed by atoms with Crippen LogP contribution in [-0.2, 0) is 6.42 Å². The summed E-state index contributed by atoms with van der Waals surface area (Å²) in [6, 6.07) is 10.2. The number of carbonyl (C=O) groups is 1. The van der Waals surface area contributed by atoms with E-state index in [-0.39, 0.29) is 5.91 Å². The molecule has 1 N–H and O–H groups in total. The topological polar surface area (TPSA) is 45.2 Å². The molecule has 0 spiro atoms. The summed E-state index contributed by atoms with van der Waals surface area (Å²) in [6.07, 6.45) is 2.91. The van der Waals surface area contributed by atoms with Crippen LogP contribution in [0.1, 0.15) is 52.6 Å². The number of amides is 1. The standard InChI is InChI=1S/C20H29N3OS/c1-4-23(5-2)14-10-9-13-21-20(24)19-16(3)22-18(25-19)15-17-11-7-6-8-12-17/h6-8,11-12H,4-5,9-10,13-15H2,1-3H3,(H,21,24). The van der Waals surface area contributed by atoms with Gasteiger partial charge in [0.1, 0.15) is 4.88 Å². The van der Waals surface area contributed by atoms with E-state index in [0.29, 0.717) is 0 Å². The minimum atomic E-state index is 0.0113. The third-order valence-electron chi connectivity index (χ3n) is 4.33. The Morgan fingerprint density at radius 2 is 1.88 bits per heavy atom. The normalized spacial score (nSPS) is 11.0. The van der Waals surface area contributed by atoms with E-state index < -0.39 is 0 Å². The van der Waals surface area contributed by atoms with Gasteiger partial charge in [-0.05, 0) is 45.0 Å². The molecule has 0 atom stereocenters. The molecule has 2 aromatic rings.